The molecule has 3 aromatic heterocycles. The zero-order chi connectivity index (χ0) is 17.6. The molecule has 1 saturated carbocycles. The van der Waals surface area contributed by atoms with Gasteiger partial charge in [-0.05, 0) is 44.9 Å². The Labute approximate surface area is 150 Å². The lowest BCUT2D eigenvalue weighted by Crippen LogP contribution is -2.33. The van der Waals surface area contributed by atoms with Crippen molar-refractivity contribution >= 4 is 23.2 Å². The molecule has 0 aromatic carbocycles. The SMILES string of the molecule is Cc1cc(C)n(CC2(CNC(=O)c3cn4cc(Cl)ccc4n3)CC2)n1. The third-order valence-electron chi connectivity index (χ3n) is 4.82. The van der Waals surface area contributed by atoms with Gasteiger partial charge < -0.3 is 9.72 Å². The summed E-state index contributed by atoms with van der Waals surface area (Å²) in [5, 5.41) is 8.18. The van der Waals surface area contributed by atoms with Crippen molar-refractivity contribution in [2.24, 2.45) is 5.41 Å². The number of aryl methyl sites for hydroxylation is 2. The highest BCUT2D eigenvalue weighted by Gasteiger charge is 2.43. The molecule has 0 aliphatic heterocycles. The summed E-state index contributed by atoms with van der Waals surface area (Å²) < 4.78 is 3.81. The number of amides is 1. The lowest BCUT2D eigenvalue weighted by Gasteiger charge is -2.16. The predicted molar refractivity (Wildman–Crippen MR) is 95.9 cm³/mol. The largest absolute Gasteiger partial charge is 0.350 e. The van der Waals surface area contributed by atoms with Crippen LogP contribution in [0.15, 0.2) is 30.6 Å². The van der Waals surface area contributed by atoms with Gasteiger partial charge in [0.25, 0.3) is 5.91 Å². The van der Waals surface area contributed by atoms with E-state index in [-0.39, 0.29) is 11.3 Å². The molecule has 0 bridgehead atoms. The molecule has 0 saturated heterocycles. The molecule has 3 heterocycles. The minimum atomic E-state index is -0.153. The van der Waals surface area contributed by atoms with Crippen LogP contribution in [0.25, 0.3) is 5.65 Å². The first kappa shape index (κ1) is 16.1. The van der Waals surface area contributed by atoms with Crippen LogP contribution in [0.4, 0.5) is 0 Å². The van der Waals surface area contributed by atoms with E-state index < -0.39 is 0 Å². The maximum atomic E-state index is 12.5. The van der Waals surface area contributed by atoms with Crippen molar-refractivity contribution in [1.82, 2.24) is 24.5 Å². The standard InChI is InChI=1S/C18H20ClN5O/c1-12-7-13(2)24(22-12)11-18(5-6-18)10-20-17(25)15-9-23-8-14(19)3-4-16(23)21-15/h3-4,7-9H,5-6,10-11H2,1-2H3,(H,20,25). The van der Waals surface area contributed by atoms with Crippen LogP contribution >= 0.6 is 11.6 Å². The summed E-state index contributed by atoms with van der Waals surface area (Å²) in [5.41, 5.74) is 3.41. The van der Waals surface area contributed by atoms with E-state index in [1.165, 1.54) is 0 Å². The van der Waals surface area contributed by atoms with Crippen molar-refractivity contribution in [2.75, 3.05) is 6.54 Å². The van der Waals surface area contributed by atoms with Crippen molar-refractivity contribution in [2.45, 2.75) is 33.2 Å². The lowest BCUT2D eigenvalue weighted by molar-refractivity contribution is 0.0938. The molecule has 1 aliphatic carbocycles. The fraction of sp³-hybridized carbons (Fsp3) is 0.389. The zero-order valence-corrected chi connectivity index (χ0v) is 15.0. The van der Waals surface area contributed by atoms with Gasteiger partial charge in [-0.1, -0.05) is 11.6 Å². The smallest absolute Gasteiger partial charge is 0.271 e. The summed E-state index contributed by atoms with van der Waals surface area (Å²) in [6.07, 6.45) is 5.65. The molecule has 0 spiro atoms. The van der Waals surface area contributed by atoms with Crippen LogP contribution < -0.4 is 5.32 Å². The molecule has 7 heteroatoms. The minimum Gasteiger partial charge on any atom is -0.350 e. The van der Waals surface area contributed by atoms with E-state index in [0.29, 0.717) is 22.9 Å². The van der Waals surface area contributed by atoms with Crippen molar-refractivity contribution in [3.8, 4) is 0 Å². The quantitative estimate of drug-likeness (QED) is 0.763. The molecule has 1 N–H and O–H groups in total. The number of pyridine rings is 1. The molecule has 130 valence electrons. The number of hydrogen-bond donors (Lipinski definition) is 1. The Balaban J connectivity index is 1.43. The highest BCUT2D eigenvalue weighted by atomic mass is 35.5. The highest BCUT2D eigenvalue weighted by molar-refractivity contribution is 6.30. The Kier molecular flexibility index (Phi) is 3.80. The number of carbonyl (C=O) groups is 1. The Morgan fingerprint density at radius 1 is 1.32 bits per heavy atom. The topological polar surface area (TPSA) is 64.2 Å². The Hall–Kier alpha value is -2.34. The predicted octanol–water partition coefficient (Wildman–Crippen LogP) is 3.01. The number of rotatable bonds is 5. The highest BCUT2D eigenvalue weighted by Crippen LogP contribution is 2.46. The van der Waals surface area contributed by atoms with Gasteiger partial charge in [-0.2, -0.15) is 5.10 Å². The van der Waals surface area contributed by atoms with Gasteiger partial charge in [-0.3, -0.25) is 9.48 Å². The van der Waals surface area contributed by atoms with E-state index in [1.807, 2.05) is 11.6 Å². The van der Waals surface area contributed by atoms with Crippen LogP contribution in [0.5, 0.6) is 0 Å². The monoisotopic (exact) mass is 357 g/mol. The van der Waals surface area contributed by atoms with Gasteiger partial charge in [0.05, 0.1) is 10.7 Å². The summed E-state index contributed by atoms with van der Waals surface area (Å²) in [6.45, 7) is 5.55. The summed E-state index contributed by atoms with van der Waals surface area (Å²) in [7, 11) is 0. The molecular weight excluding hydrogens is 338 g/mol. The van der Waals surface area contributed by atoms with Crippen molar-refractivity contribution in [3.05, 3.63) is 52.7 Å². The summed E-state index contributed by atoms with van der Waals surface area (Å²) >= 11 is 5.97. The van der Waals surface area contributed by atoms with Gasteiger partial charge in [-0.15, -0.1) is 0 Å². The fourth-order valence-corrected chi connectivity index (χ4v) is 3.32. The molecule has 4 rings (SSSR count). The molecule has 0 atom stereocenters. The number of aromatic nitrogens is 4. The van der Waals surface area contributed by atoms with Gasteiger partial charge in [0, 0.05) is 36.6 Å². The molecule has 3 aromatic rings. The van der Waals surface area contributed by atoms with Crippen LogP contribution in [-0.4, -0.2) is 31.6 Å². The zero-order valence-electron chi connectivity index (χ0n) is 14.3. The molecule has 1 amide bonds. The van der Waals surface area contributed by atoms with E-state index >= 15 is 0 Å². The number of fused-ring (bicyclic) bond motifs is 1. The summed E-state index contributed by atoms with van der Waals surface area (Å²) in [6, 6.07) is 5.64. The summed E-state index contributed by atoms with van der Waals surface area (Å²) in [5.74, 6) is -0.153. The molecule has 1 aliphatic rings. The molecule has 0 unspecified atom stereocenters. The number of hydrogen-bond acceptors (Lipinski definition) is 3. The van der Waals surface area contributed by atoms with Crippen molar-refractivity contribution < 1.29 is 4.79 Å². The minimum absolute atomic E-state index is 0.112. The second-order valence-electron chi connectivity index (χ2n) is 7.01. The Morgan fingerprint density at radius 3 is 2.80 bits per heavy atom. The van der Waals surface area contributed by atoms with Crippen molar-refractivity contribution in [3.63, 3.8) is 0 Å². The van der Waals surface area contributed by atoms with Crippen LogP contribution in [0.3, 0.4) is 0 Å². The number of nitrogens with one attached hydrogen (secondary N) is 1. The van der Waals surface area contributed by atoms with E-state index in [2.05, 4.69) is 28.4 Å². The van der Waals surface area contributed by atoms with Gasteiger partial charge in [0.2, 0.25) is 0 Å². The Bertz CT molecular complexity index is 954. The number of carbonyl (C=O) groups excluding carboxylic acids is 1. The third kappa shape index (κ3) is 3.26. The maximum Gasteiger partial charge on any atom is 0.271 e. The lowest BCUT2D eigenvalue weighted by atomic mass is 10.1. The first-order chi connectivity index (χ1) is 11.9. The van der Waals surface area contributed by atoms with Gasteiger partial charge in [0.15, 0.2) is 0 Å². The van der Waals surface area contributed by atoms with Crippen molar-refractivity contribution in [1.29, 1.82) is 0 Å². The third-order valence-corrected chi connectivity index (χ3v) is 5.04. The second-order valence-corrected chi connectivity index (χ2v) is 7.44. The van der Waals surface area contributed by atoms with Crippen LogP contribution in [-0.2, 0) is 6.54 Å². The average molecular weight is 358 g/mol. The van der Waals surface area contributed by atoms with E-state index in [4.69, 9.17) is 11.6 Å². The Morgan fingerprint density at radius 2 is 2.12 bits per heavy atom. The average Bonchev–Trinajstić information content (AvgIpc) is 3.07. The number of nitrogens with zero attached hydrogens (tertiary/aromatic N) is 4. The molecule has 0 radical (unpaired) electrons. The second kappa shape index (κ2) is 5.88. The molecule has 25 heavy (non-hydrogen) atoms. The van der Waals surface area contributed by atoms with Gasteiger partial charge in [0.1, 0.15) is 11.3 Å². The van der Waals surface area contributed by atoms with Crippen LogP contribution in [0, 0.1) is 19.3 Å². The molecular formula is C18H20ClN5O. The molecule has 6 nitrogen and oxygen atoms in total. The normalized spacial score (nSPS) is 15.5. The number of halogens is 1. The van der Waals surface area contributed by atoms with Crippen LogP contribution in [0.1, 0.15) is 34.7 Å². The fourth-order valence-electron chi connectivity index (χ4n) is 3.15. The number of imidazole rings is 1. The van der Waals surface area contributed by atoms with Crippen LogP contribution in [0.2, 0.25) is 5.02 Å². The molecule has 1 fully saturated rings. The van der Waals surface area contributed by atoms with E-state index in [1.54, 1.807) is 28.9 Å². The van der Waals surface area contributed by atoms with E-state index in [9.17, 15) is 4.79 Å². The summed E-state index contributed by atoms with van der Waals surface area (Å²) in [4.78, 5) is 16.8. The maximum absolute atomic E-state index is 12.5. The van der Waals surface area contributed by atoms with Gasteiger partial charge >= 0.3 is 0 Å². The first-order valence-corrected chi connectivity index (χ1v) is 8.75. The first-order valence-electron chi connectivity index (χ1n) is 8.38. The van der Waals surface area contributed by atoms with Gasteiger partial charge in [-0.25, -0.2) is 4.98 Å². The van der Waals surface area contributed by atoms with E-state index in [0.717, 1.165) is 30.8 Å².